The van der Waals surface area contributed by atoms with E-state index >= 15 is 0 Å². The molecule has 4 nitrogen and oxygen atoms in total. The van der Waals surface area contributed by atoms with E-state index in [0.717, 1.165) is 24.7 Å². The van der Waals surface area contributed by atoms with Gasteiger partial charge in [-0.2, -0.15) is 5.10 Å². The van der Waals surface area contributed by atoms with Crippen molar-refractivity contribution >= 4 is 0 Å². The summed E-state index contributed by atoms with van der Waals surface area (Å²) in [6.07, 6.45) is 0. The molecule has 17 heavy (non-hydrogen) atoms. The molecule has 1 unspecified atom stereocenters. The predicted molar refractivity (Wildman–Crippen MR) is 65.7 cm³/mol. The number of aromatic nitrogens is 3. The van der Waals surface area contributed by atoms with Crippen LogP contribution in [0.5, 0.6) is 0 Å². The zero-order valence-electron chi connectivity index (χ0n) is 10.1. The van der Waals surface area contributed by atoms with E-state index in [4.69, 9.17) is 0 Å². The smallest absolute Gasteiger partial charge is 0.147 e. The van der Waals surface area contributed by atoms with E-state index in [2.05, 4.69) is 39.7 Å². The van der Waals surface area contributed by atoms with Gasteiger partial charge in [-0.25, -0.2) is 4.98 Å². The van der Waals surface area contributed by atoms with E-state index in [9.17, 15) is 0 Å². The molecule has 0 spiro atoms. The first-order valence-corrected chi connectivity index (χ1v) is 5.92. The minimum Gasteiger partial charge on any atom is -0.312 e. The van der Waals surface area contributed by atoms with Crippen molar-refractivity contribution in [1.29, 1.82) is 0 Å². The van der Waals surface area contributed by atoms with Gasteiger partial charge in [0.1, 0.15) is 11.6 Å². The van der Waals surface area contributed by atoms with Crippen LogP contribution in [0.15, 0.2) is 24.3 Å². The highest BCUT2D eigenvalue weighted by Crippen LogP contribution is 2.28. The molecular weight excluding hydrogens is 212 g/mol. The zero-order chi connectivity index (χ0) is 11.8. The molecule has 0 saturated carbocycles. The van der Waals surface area contributed by atoms with Gasteiger partial charge in [-0.3, -0.25) is 4.68 Å². The Morgan fingerprint density at radius 1 is 1.35 bits per heavy atom. The molecule has 3 rings (SSSR count). The van der Waals surface area contributed by atoms with Crippen molar-refractivity contribution in [3.05, 3.63) is 47.0 Å². The van der Waals surface area contributed by atoms with Gasteiger partial charge in [0.2, 0.25) is 0 Å². The van der Waals surface area contributed by atoms with E-state index in [0.29, 0.717) is 5.92 Å². The van der Waals surface area contributed by atoms with E-state index < -0.39 is 0 Å². The lowest BCUT2D eigenvalue weighted by Crippen LogP contribution is -2.30. The van der Waals surface area contributed by atoms with Crippen LogP contribution in [0.1, 0.15) is 28.7 Å². The fourth-order valence-corrected chi connectivity index (χ4v) is 2.56. The molecule has 0 saturated heterocycles. The summed E-state index contributed by atoms with van der Waals surface area (Å²) in [5.41, 5.74) is 2.74. The van der Waals surface area contributed by atoms with Crippen molar-refractivity contribution in [2.75, 3.05) is 6.54 Å². The van der Waals surface area contributed by atoms with Crippen LogP contribution in [0.2, 0.25) is 0 Å². The minimum atomic E-state index is 0.311. The van der Waals surface area contributed by atoms with Crippen molar-refractivity contribution in [2.45, 2.75) is 19.4 Å². The summed E-state index contributed by atoms with van der Waals surface area (Å²) in [7, 11) is 1.96. The van der Waals surface area contributed by atoms with E-state index in [1.807, 2.05) is 18.7 Å². The summed E-state index contributed by atoms with van der Waals surface area (Å²) in [6.45, 7) is 3.82. The number of rotatable bonds is 1. The van der Waals surface area contributed by atoms with Crippen molar-refractivity contribution in [3.63, 3.8) is 0 Å². The second-order valence-corrected chi connectivity index (χ2v) is 4.52. The minimum absolute atomic E-state index is 0.311. The SMILES string of the molecule is Cc1nc(C2CNCc3ccccc32)n(C)n1. The monoisotopic (exact) mass is 228 g/mol. The topological polar surface area (TPSA) is 42.7 Å². The maximum Gasteiger partial charge on any atom is 0.147 e. The van der Waals surface area contributed by atoms with Crippen LogP contribution in [0.3, 0.4) is 0 Å². The Balaban J connectivity index is 2.09. The largest absolute Gasteiger partial charge is 0.312 e. The second-order valence-electron chi connectivity index (χ2n) is 4.52. The highest BCUT2D eigenvalue weighted by molar-refractivity contribution is 5.36. The summed E-state index contributed by atoms with van der Waals surface area (Å²) in [5.74, 6) is 2.19. The molecule has 2 aromatic rings. The molecule has 1 aromatic carbocycles. The van der Waals surface area contributed by atoms with Crippen LogP contribution in [0, 0.1) is 6.92 Å². The Morgan fingerprint density at radius 3 is 2.94 bits per heavy atom. The third-order valence-electron chi connectivity index (χ3n) is 3.31. The van der Waals surface area contributed by atoms with Gasteiger partial charge in [0.25, 0.3) is 0 Å². The first-order valence-electron chi connectivity index (χ1n) is 5.92. The Bertz CT molecular complexity index is 544. The summed E-state index contributed by atoms with van der Waals surface area (Å²) < 4.78 is 1.89. The van der Waals surface area contributed by atoms with Crippen LogP contribution >= 0.6 is 0 Å². The number of fused-ring (bicyclic) bond motifs is 1. The molecule has 0 aliphatic carbocycles. The Labute approximate surface area is 101 Å². The third kappa shape index (κ3) is 1.74. The summed E-state index contributed by atoms with van der Waals surface area (Å²) in [6, 6.07) is 8.56. The molecule has 2 heterocycles. The van der Waals surface area contributed by atoms with Gasteiger partial charge in [0.05, 0.1) is 5.92 Å². The number of nitrogens with zero attached hydrogens (tertiary/aromatic N) is 3. The van der Waals surface area contributed by atoms with E-state index in [-0.39, 0.29) is 0 Å². The first-order chi connectivity index (χ1) is 8.25. The molecule has 1 aliphatic heterocycles. The van der Waals surface area contributed by atoms with Crippen molar-refractivity contribution in [2.24, 2.45) is 7.05 Å². The average molecular weight is 228 g/mol. The van der Waals surface area contributed by atoms with Gasteiger partial charge in [0, 0.05) is 20.1 Å². The number of nitrogens with one attached hydrogen (secondary N) is 1. The standard InChI is InChI=1S/C13H16N4/c1-9-15-13(17(2)16-9)12-8-14-7-10-5-3-4-6-11(10)12/h3-6,12,14H,7-8H2,1-2H3. The number of benzene rings is 1. The predicted octanol–water partition coefficient (Wildman–Crippen LogP) is 1.36. The molecular formula is C13H16N4. The molecule has 4 heteroatoms. The van der Waals surface area contributed by atoms with E-state index in [1.54, 1.807) is 0 Å². The van der Waals surface area contributed by atoms with Crippen molar-refractivity contribution in [1.82, 2.24) is 20.1 Å². The van der Waals surface area contributed by atoms with Crippen LogP contribution in [-0.2, 0) is 13.6 Å². The molecule has 1 atom stereocenters. The van der Waals surface area contributed by atoms with Gasteiger partial charge in [-0.15, -0.1) is 0 Å². The quantitative estimate of drug-likeness (QED) is 0.801. The fraction of sp³-hybridized carbons (Fsp3) is 0.385. The van der Waals surface area contributed by atoms with Crippen molar-refractivity contribution < 1.29 is 0 Å². The van der Waals surface area contributed by atoms with Crippen LogP contribution in [-0.4, -0.2) is 21.3 Å². The summed E-state index contributed by atoms with van der Waals surface area (Å²) in [4.78, 5) is 4.54. The first kappa shape index (κ1) is 10.5. The van der Waals surface area contributed by atoms with Crippen molar-refractivity contribution in [3.8, 4) is 0 Å². The second kappa shape index (κ2) is 3.96. The zero-order valence-corrected chi connectivity index (χ0v) is 10.1. The van der Waals surface area contributed by atoms with Gasteiger partial charge < -0.3 is 5.32 Å². The van der Waals surface area contributed by atoms with Crippen LogP contribution in [0.4, 0.5) is 0 Å². The van der Waals surface area contributed by atoms with Gasteiger partial charge >= 0.3 is 0 Å². The summed E-state index contributed by atoms with van der Waals surface area (Å²) in [5, 5.41) is 7.78. The lowest BCUT2D eigenvalue weighted by atomic mass is 9.90. The van der Waals surface area contributed by atoms with E-state index in [1.165, 1.54) is 11.1 Å². The Hall–Kier alpha value is -1.68. The molecule has 88 valence electrons. The highest BCUT2D eigenvalue weighted by atomic mass is 15.3. The molecule has 0 fully saturated rings. The Kier molecular flexibility index (Phi) is 2.44. The maximum atomic E-state index is 4.54. The lowest BCUT2D eigenvalue weighted by molar-refractivity contribution is 0.548. The van der Waals surface area contributed by atoms with Crippen LogP contribution < -0.4 is 5.32 Å². The molecule has 0 radical (unpaired) electrons. The number of hydrogen-bond acceptors (Lipinski definition) is 3. The molecule has 0 bridgehead atoms. The fourth-order valence-electron chi connectivity index (χ4n) is 2.56. The van der Waals surface area contributed by atoms with Gasteiger partial charge in [0.15, 0.2) is 0 Å². The van der Waals surface area contributed by atoms with Crippen LogP contribution in [0.25, 0.3) is 0 Å². The summed E-state index contributed by atoms with van der Waals surface area (Å²) >= 11 is 0. The maximum absolute atomic E-state index is 4.54. The third-order valence-corrected chi connectivity index (χ3v) is 3.31. The highest BCUT2D eigenvalue weighted by Gasteiger charge is 2.25. The van der Waals surface area contributed by atoms with Gasteiger partial charge in [-0.05, 0) is 18.1 Å². The molecule has 1 aliphatic rings. The number of aryl methyl sites for hydroxylation is 2. The number of hydrogen-bond donors (Lipinski definition) is 1. The lowest BCUT2D eigenvalue weighted by Gasteiger charge is -2.25. The molecule has 1 N–H and O–H groups in total. The normalized spacial score (nSPS) is 19.1. The molecule has 1 aromatic heterocycles. The average Bonchev–Trinajstić information content (AvgIpc) is 2.68. The molecule has 0 amide bonds. The van der Waals surface area contributed by atoms with Gasteiger partial charge in [-0.1, -0.05) is 24.3 Å². The Morgan fingerprint density at radius 2 is 2.18 bits per heavy atom.